The van der Waals surface area contributed by atoms with Crippen LogP contribution < -0.4 is 11.6 Å². The van der Waals surface area contributed by atoms with Crippen molar-refractivity contribution in [1.29, 1.82) is 0 Å². The van der Waals surface area contributed by atoms with Gasteiger partial charge in [-0.25, -0.2) is 0 Å². The van der Waals surface area contributed by atoms with Gasteiger partial charge in [-0.3, -0.25) is 4.79 Å². The molecule has 0 aliphatic heterocycles. The van der Waals surface area contributed by atoms with E-state index in [4.69, 9.17) is 11.6 Å². The van der Waals surface area contributed by atoms with Crippen molar-refractivity contribution in [3.8, 4) is 0 Å². The zero-order chi connectivity index (χ0) is 13.5. The Balaban J connectivity index is 2.52. The summed E-state index contributed by atoms with van der Waals surface area (Å²) < 4.78 is 1.06. The number of rotatable bonds is 5. The van der Waals surface area contributed by atoms with Gasteiger partial charge >= 0.3 is 0 Å². The SMILES string of the molecule is CCN(Cc1ccc(Br)s1)C(=O)CSC(N)=NN. The Kier molecular flexibility index (Phi) is 6.51. The topological polar surface area (TPSA) is 84.7 Å². The van der Waals surface area contributed by atoms with Crippen molar-refractivity contribution in [3.05, 3.63) is 20.8 Å². The van der Waals surface area contributed by atoms with E-state index in [2.05, 4.69) is 21.0 Å². The molecule has 1 rings (SSSR count). The first kappa shape index (κ1) is 15.3. The van der Waals surface area contributed by atoms with E-state index in [1.165, 1.54) is 0 Å². The Bertz CT molecular complexity index is 435. The van der Waals surface area contributed by atoms with E-state index in [0.717, 1.165) is 20.4 Å². The molecule has 0 saturated heterocycles. The van der Waals surface area contributed by atoms with Gasteiger partial charge in [0.1, 0.15) is 0 Å². The van der Waals surface area contributed by atoms with Gasteiger partial charge in [0.15, 0.2) is 5.17 Å². The molecule has 0 radical (unpaired) electrons. The van der Waals surface area contributed by atoms with Gasteiger partial charge in [-0.2, -0.15) is 5.10 Å². The molecule has 1 heterocycles. The summed E-state index contributed by atoms with van der Waals surface area (Å²) in [5, 5.41) is 3.54. The second kappa shape index (κ2) is 7.65. The van der Waals surface area contributed by atoms with Crippen LogP contribution in [0.1, 0.15) is 11.8 Å². The average molecular weight is 351 g/mol. The van der Waals surface area contributed by atoms with Crippen LogP contribution in [0.4, 0.5) is 0 Å². The predicted octanol–water partition coefficient (Wildman–Crippen LogP) is 1.78. The summed E-state index contributed by atoms with van der Waals surface area (Å²) >= 11 is 6.18. The monoisotopic (exact) mass is 350 g/mol. The lowest BCUT2D eigenvalue weighted by Gasteiger charge is -2.19. The van der Waals surface area contributed by atoms with E-state index >= 15 is 0 Å². The van der Waals surface area contributed by atoms with Crippen LogP contribution in [-0.4, -0.2) is 28.3 Å². The summed E-state index contributed by atoms with van der Waals surface area (Å²) in [5.41, 5.74) is 5.43. The fraction of sp³-hybridized carbons (Fsp3) is 0.400. The van der Waals surface area contributed by atoms with Crippen LogP contribution in [0.2, 0.25) is 0 Å². The molecule has 4 N–H and O–H groups in total. The molecule has 0 aliphatic carbocycles. The van der Waals surface area contributed by atoms with Crippen molar-refractivity contribution in [2.24, 2.45) is 16.7 Å². The number of nitrogens with zero attached hydrogens (tertiary/aromatic N) is 2. The number of hydrogen-bond donors (Lipinski definition) is 2. The van der Waals surface area contributed by atoms with Crippen LogP contribution in [0.15, 0.2) is 21.0 Å². The molecule has 100 valence electrons. The van der Waals surface area contributed by atoms with E-state index in [9.17, 15) is 4.79 Å². The molecule has 0 spiro atoms. The maximum atomic E-state index is 12.0. The molecule has 5 nitrogen and oxygen atoms in total. The van der Waals surface area contributed by atoms with Gasteiger partial charge in [-0.05, 0) is 35.0 Å². The first-order valence-corrected chi connectivity index (χ1v) is 7.84. The normalized spacial score (nSPS) is 11.6. The number of thioether (sulfide) groups is 1. The zero-order valence-corrected chi connectivity index (χ0v) is 13.1. The maximum absolute atomic E-state index is 12.0. The minimum atomic E-state index is 0.0265. The smallest absolute Gasteiger partial charge is 0.233 e. The number of halogens is 1. The van der Waals surface area contributed by atoms with Gasteiger partial charge in [0, 0.05) is 11.4 Å². The molecular weight excluding hydrogens is 336 g/mol. The van der Waals surface area contributed by atoms with Crippen LogP contribution in [0.5, 0.6) is 0 Å². The van der Waals surface area contributed by atoms with Crippen molar-refractivity contribution in [2.45, 2.75) is 13.5 Å². The standard InChI is InChI=1S/C10H15BrN4OS2/c1-2-15(5-7-3-4-8(11)18-7)9(16)6-17-10(12)14-13/h3-4H,2,5-6,13H2,1H3,(H2,12,14). The number of thiophene rings is 1. The first-order chi connectivity index (χ1) is 8.56. The summed E-state index contributed by atoms with van der Waals surface area (Å²) in [5.74, 6) is 5.29. The third kappa shape index (κ3) is 4.87. The molecule has 8 heteroatoms. The fourth-order valence-electron chi connectivity index (χ4n) is 1.27. The van der Waals surface area contributed by atoms with E-state index in [0.29, 0.717) is 13.1 Å². The largest absolute Gasteiger partial charge is 0.377 e. The predicted molar refractivity (Wildman–Crippen MR) is 81.4 cm³/mol. The van der Waals surface area contributed by atoms with Crippen LogP contribution >= 0.6 is 39.0 Å². The molecular formula is C10H15BrN4OS2. The third-order valence-corrected chi connectivity index (χ3v) is 4.58. The van der Waals surface area contributed by atoms with Gasteiger partial charge < -0.3 is 16.5 Å². The number of carbonyl (C=O) groups is 1. The van der Waals surface area contributed by atoms with Gasteiger partial charge in [-0.1, -0.05) is 11.8 Å². The van der Waals surface area contributed by atoms with Crippen LogP contribution in [0.25, 0.3) is 0 Å². The van der Waals surface area contributed by atoms with Gasteiger partial charge in [0.2, 0.25) is 5.91 Å². The van der Waals surface area contributed by atoms with E-state index < -0.39 is 0 Å². The summed E-state index contributed by atoms with van der Waals surface area (Å²) in [6.07, 6.45) is 0. The lowest BCUT2D eigenvalue weighted by atomic mass is 10.4. The molecule has 1 aromatic heterocycles. The highest BCUT2D eigenvalue weighted by Crippen LogP contribution is 2.23. The molecule has 0 aliphatic rings. The minimum Gasteiger partial charge on any atom is -0.377 e. The molecule has 18 heavy (non-hydrogen) atoms. The Morgan fingerprint density at radius 1 is 1.61 bits per heavy atom. The first-order valence-electron chi connectivity index (χ1n) is 5.25. The summed E-state index contributed by atoms with van der Waals surface area (Å²) in [6, 6.07) is 3.99. The van der Waals surface area contributed by atoms with Crippen molar-refractivity contribution >= 4 is 50.1 Å². The van der Waals surface area contributed by atoms with Crippen LogP contribution in [0.3, 0.4) is 0 Å². The fourth-order valence-corrected chi connectivity index (χ4v) is 3.29. The number of hydrogen-bond acceptors (Lipinski definition) is 5. The lowest BCUT2D eigenvalue weighted by molar-refractivity contribution is -0.128. The number of amidine groups is 1. The molecule has 0 saturated carbocycles. The molecule has 0 unspecified atom stereocenters. The Labute approximate surface area is 123 Å². The van der Waals surface area contributed by atoms with Crippen molar-refractivity contribution in [3.63, 3.8) is 0 Å². The molecule has 1 amide bonds. The minimum absolute atomic E-state index is 0.0265. The van der Waals surface area contributed by atoms with E-state index in [1.807, 2.05) is 19.1 Å². The Morgan fingerprint density at radius 2 is 2.33 bits per heavy atom. The van der Waals surface area contributed by atoms with Crippen LogP contribution in [-0.2, 0) is 11.3 Å². The average Bonchev–Trinajstić information content (AvgIpc) is 2.78. The Morgan fingerprint density at radius 3 is 2.83 bits per heavy atom. The Hall–Kier alpha value is -0.730. The quantitative estimate of drug-likeness (QED) is 0.367. The summed E-state index contributed by atoms with van der Waals surface area (Å²) in [6.45, 7) is 3.23. The molecule has 0 bridgehead atoms. The van der Waals surface area contributed by atoms with Crippen molar-refractivity contribution in [1.82, 2.24) is 4.90 Å². The highest BCUT2D eigenvalue weighted by molar-refractivity contribution is 9.11. The summed E-state index contributed by atoms with van der Waals surface area (Å²) in [4.78, 5) is 14.9. The second-order valence-electron chi connectivity index (χ2n) is 3.37. The van der Waals surface area contributed by atoms with Crippen LogP contribution in [0, 0.1) is 0 Å². The molecule has 1 aromatic rings. The molecule has 0 atom stereocenters. The lowest BCUT2D eigenvalue weighted by Crippen LogP contribution is -2.32. The highest BCUT2D eigenvalue weighted by atomic mass is 79.9. The second-order valence-corrected chi connectivity index (χ2v) is 6.91. The summed E-state index contributed by atoms with van der Waals surface area (Å²) in [7, 11) is 0. The van der Waals surface area contributed by atoms with E-state index in [1.54, 1.807) is 16.2 Å². The number of nitrogens with two attached hydrogens (primary N) is 2. The van der Waals surface area contributed by atoms with Crippen molar-refractivity contribution < 1.29 is 4.79 Å². The molecule has 0 aromatic carbocycles. The third-order valence-electron chi connectivity index (χ3n) is 2.18. The zero-order valence-electron chi connectivity index (χ0n) is 9.93. The van der Waals surface area contributed by atoms with E-state index in [-0.39, 0.29) is 16.8 Å². The van der Waals surface area contributed by atoms with Gasteiger partial charge in [-0.15, -0.1) is 11.3 Å². The number of amides is 1. The highest BCUT2D eigenvalue weighted by Gasteiger charge is 2.13. The van der Waals surface area contributed by atoms with Gasteiger partial charge in [0.25, 0.3) is 0 Å². The van der Waals surface area contributed by atoms with Gasteiger partial charge in [0.05, 0.1) is 16.1 Å². The van der Waals surface area contributed by atoms with Crippen molar-refractivity contribution in [2.75, 3.05) is 12.3 Å². The number of carbonyl (C=O) groups excluding carboxylic acids is 1. The maximum Gasteiger partial charge on any atom is 0.233 e. The molecule has 0 fully saturated rings. The number of hydrazone groups is 1.